The van der Waals surface area contributed by atoms with Crippen LogP contribution in [0, 0.1) is 5.82 Å². The summed E-state index contributed by atoms with van der Waals surface area (Å²) in [6, 6.07) is 3.96. The van der Waals surface area contributed by atoms with E-state index in [9.17, 15) is 14.3 Å². The Balaban J connectivity index is 1.62. The number of aliphatic hydroxyl groups is 1. The molecule has 3 rings (SSSR count). The molecule has 1 amide bonds. The molecule has 0 radical (unpaired) electrons. The maximum Gasteiger partial charge on any atom is 0.251 e. The van der Waals surface area contributed by atoms with Gasteiger partial charge in [-0.15, -0.1) is 0 Å². The number of carbonyl (C=O) groups excluding carboxylic acids is 1. The topological polar surface area (TPSA) is 61.8 Å². The molecule has 1 saturated heterocycles. The van der Waals surface area contributed by atoms with Crippen LogP contribution in [-0.4, -0.2) is 54.3 Å². The fourth-order valence-corrected chi connectivity index (χ4v) is 3.65. The molecule has 1 aromatic carbocycles. The normalized spacial score (nSPS) is 28.0. The van der Waals surface area contributed by atoms with Gasteiger partial charge in [0.15, 0.2) is 11.6 Å². The number of methoxy groups -OCH3 is 1. The number of ether oxygens (including phenoxy) is 1. The summed E-state index contributed by atoms with van der Waals surface area (Å²) in [5, 5.41) is 13.3. The molecule has 0 unspecified atom stereocenters. The summed E-state index contributed by atoms with van der Waals surface area (Å²) in [4.78, 5) is 14.6. The average molecular weight is 322 g/mol. The Bertz CT molecular complexity index is 575. The van der Waals surface area contributed by atoms with Crippen molar-refractivity contribution in [2.24, 2.45) is 0 Å². The van der Waals surface area contributed by atoms with E-state index in [-0.39, 0.29) is 29.3 Å². The number of nitrogens with zero attached hydrogens (tertiary/aromatic N) is 1. The summed E-state index contributed by atoms with van der Waals surface area (Å²) < 4.78 is 18.6. The Labute approximate surface area is 135 Å². The standard InChI is InChI=1S/C17H23FN2O3/c1-23-15-7-4-11(10-12(15)18)17(22)19-13-5-6-14(16(13)21)20-8-2-3-9-20/h4,7,10,13-14,16,21H,2-3,5-6,8-9H2,1H3,(H,19,22)/t13-,14-,16-/m1/s1. The molecule has 1 aliphatic heterocycles. The zero-order chi connectivity index (χ0) is 16.4. The van der Waals surface area contributed by atoms with Crippen LogP contribution in [0.25, 0.3) is 0 Å². The lowest BCUT2D eigenvalue weighted by Gasteiger charge is -2.28. The molecule has 1 saturated carbocycles. The van der Waals surface area contributed by atoms with Gasteiger partial charge in [0, 0.05) is 11.6 Å². The van der Waals surface area contributed by atoms with Crippen molar-refractivity contribution < 1.29 is 19.0 Å². The number of halogens is 1. The van der Waals surface area contributed by atoms with Gasteiger partial charge in [-0.3, -0.25) is 9.69 Å². The summed E-state index contributed by atoms with van der Waals surface area (Å²) in [5.41, 5.74) is 0.236. The molecule has 126 valence electrons. The lowest BCUT2D eigenvalue weighted by atomic mass is 10.1. The van der Waals surface area contributed by atoms with Crippen molar-refractivity contribution >= 4 is 5.91 Å². The number of nitrogens with one attached hydrogen (secondary N) is 1. The van der Waals surface area contributed by atoms with Gasteiger partial charge in [0.05, 0.1) is 19.3 Å². The Kier molecular flexibility index (Phi) is 4.82. The molecule has 2 N–H and O–H groups in total. The lowest BCUT2D eigenvalue weighted by Crippen LogP contribution is -2.47. The highest BCUT2D eigenvalue weighted by Gasteiger charge is 2.39. The molecule has 0 bridgehead atoms. The lowest BCUT2D eigenvalue weighted by molar-refractivity contribution is 0.0619. The molecule has 0 spiro atoms. The van der Waals surface area contributed by atoms with Crippen molar-refractivity contribution in [2.75, 3.05) is 20.2 Å². The largest absolute Gasteiger partial charge is 0.494 e. The Morgan fingerprint density at radius 1 is 1.35 bits per heavy atom. The molecule has 6 heteroatoms. The van der Waals surface area contributed by atoms with Crippen LogP contribution in [0.15, 0.2) is 18.2 Å². The highest BCUT2D eigenvalue weighted by molar-refractivity contribution is 5.94. The van der Waals surface area contributed by atoms with Crippen molar-refractivity contribution in [3.63, 3.8) is 0 Å². The van der Waals surface area contributed by atoms with E-state index in [0.29, 0.717) is 0 Å². The average Bonchev–Trinajstić information content (AvgIpc) is 3.18. The summed E-state index contributed by atoms with van der Waals surface area (Å²) in [6.07, 6.45) is 3.40. The van der Waals surface area contributed by atoms with Gasteiger partial charge in [0.25, 0.3) is 5.91 Å². The second-order valence-electron chi connectivity index (χ2n) is 6.31. The quantitative estimate of drug-likeness (QED) is 0.883. The fraction of sp³-hybridized carbons (Fsp3) is 0.588. The van der Waals surface area contributed by atoms with Crippen LogP contribution in [0.4, 0.5) is 4.39 Å². The number of hydrogen-bond acceptors (Lipinski definition) is 4. The minimum atomic E-state index is -0.569. The van der Waals surface area contributed by atoms with Crippen LogP contribution in [0.1, 0.15) is 36.0 Å². The predicted molar refractivity (Wildman–Crippen MR) is 84.0 cm³/mol. The van der Waals surface area contributed by atoms with Gasteiger partial charge < -0.3 is 15.2 Å². The van der Waals surface area contributed by atoms with E-state index >= 15 is 0 Å². The molecule has 1 aliphatic carbocycles. The van der Waals surface area contributed by atoms with Crippen molar-refractivity contribution in [2.45, 2.75) is 43.9 Å². The highest BCUT2D eigenvalue weighted by Crippen LogP contribution is 2.28. The number of rotatable bonds is 4. The second kappa shape index (κ2) is 6.84. The minimum Gasteiger partial charge on any atom is -0.494 e. The molecule has 1 aromatic rings. The van der Waals surface area contributed by atoms with Crippen LogP contribution in [0.3, 0.4) is 0 Å². The zero-order valence-electron chi connectivity index (χ0n) is 13.3. The minimum absolute atomic E-state index is 0.108. The first-order chi connectivity index (χ1) is 11.1. The smallest absolute Gasteiger partial charge is 0.251 e. The van der Waals surface area contributed by atoms with E-state index in [2.05, 4.69) is 10.2 Å². The van der Waals surface area contributed by atoms with Gasteiger partial charge in [-0.25, -0.2) is 4.39 Å². The van der Waals surface area contributed by atoms with E-state index in [0.717, 1.165) is 32.0 Å². The molecule has 1 heterocycles. The van der Waals surface area contributed by atoms with Crippen LogP contribution in [0.2, 0.25) is 0 Å². The summed E-state index contributed by atoms with van der Waals surface area (Å²) >= 11 is 0. The first kappa shape index (κ1) is 16.2. The molecule has 2 aliphatic rings. The fourth-order valence-electron chi connectivity index (χ4n) is 3.65. The highest BCUT2D eigenvalue weighted by atomic mass is 19.1. The molecule has 5 nitrogen and oxygen atoms in total. The van der Waals surface area contributed by atoms with Gasteiger partial charge in [0.1, 0.15) is 0 Å². The van der Waals surface area contributed by atoms with Crippen LogP contribution < -0.4 is 10.1 Å². The number of benzene rings is 1. The van der Waals surface area contributed by atoms with Crippen LogP contribution >= 0.6 is 0 Å². The zero-order valence-corrected chi connectivity index (χ0v) is 13.3. The number of likely N-dealkylation sites (tertiary alicyclic amines) is 1. The number of carbonyl (C=O) groups is 1. The number of aliphatic hydroxyl groups excluding tert-OH is 1. The van der Waals surface area contributed by atoms with Gasteiger partial charge in [-0.05, 0) is 57.0 Å². The van der Waals surface area contributed by atoms with Crippen molar-refractivity contribution in [1.29, 1.82) is 0 Å². The van der Waals surface area contributed by atoms with E-state index in [1.165, 1.54) is 32.1 Å². The molecular weight excluding hydrogens is 299 g/mol. The maximum atomic E-state index is 13.7. The SMILES string of the molecule is COc1ccc(C(=O)N[C@@H]2CC[C@@H](N3CCCC3)[C@@H]2O)cc1F. The molecule has 2 fully saturated rings. The van der Waals surface area contributed by atoms with E-state index in [4.69, 9.17) is 4.74 Å². The Hall–Kier alpha value is -1.66. The third kappa shape index (κ3) is 3.33. The maximum absolute atomic E-state index is 13.7. The van der Waals surface area contributed by atoms with Gasteiger partial charge in [-0.2, -0.15) is 0 Å². The van der Waals surface area contributed by atoms with Crippen molar-refractivity contribution in [3.8, 4) is 5.75 Å². The third-order valence-electron chi connectivity index (χ3n) is 4.92. The van der Waals surface area contributed by atoms with E-state index in [1.807, 2.05) is 0 Å². The second-order valence-corrected chi connectivity index (χ2v) is 6.31. The summed E-state index contributed by atoms with van der Waals surface area (Å²) in [7, 11) is 1.38. The third-order valence-corrected chi connectivity index (χ3v) is 4.92. The van der Waals surface area contributed by atoms with E-state index in [1.54, 1.807) is 0 Å². The van der Waals surface area contributed by atoms with Crippen LogP contribution in [0.5, 0.6) is 5.75 Å². The predicted octanol–water partition coefficient (Wildman–Crippen LogP) is 1.55. The molecule has 23 heavy (non-hydrogen) atoms. The number of hydrogen-bond donors (Lipinski definition) is 2. The summed E-state index contributed by atoms with van der Waals surface area (Å²) in [6.45, 7) is 2.04. The summed E-state index contributed by atoms with van der Waals surface area (Å²) in [5.74, 6) is -0.823. The number of amides is 1. The molecule has 3 atom stereocenters. The molecular formula is C17H23FN2O3. The van der Waals surface area contributed by atoms with Gasteiger partial charge >= 0.3 is 0 Å². The van der Waals surface area contributed by atoms with Gasteiger partial charge in [-0.1, -0.05) is 0 Å². The Morgan fingerprint density at radius 3 is 2.74 bits per heavy atom. The first-order valence-electron chi connectivity index (χ1n) is 8.16. The monoisotopic (exact) mass is 322 g/mol. The Morgan fingerprint density at radius 2 is 2.09 bits per heavy atom. The van der Waals surface area contributed by atoms with E-state index < -0.39 is 11.9 Å². The van der Waals surface area contributed by atoms with Gasteiger partial charge in [0.2, 0.25) is 0 Å². The molecule has 0 aromatic heterocycles. The van der Waals surface area contributed by atoms with Crippen molar-refractivity contribution in [3.05, 3.63) is 29.6 Å². The van der Waals surface area contributed by atoms with Crippen LogP contribution in [-0.2, 0) is 0 Å². The van der Waals surface area contributed by atoms with Crippen molar-refractivity contribution in [1.82, 2.24) is 10.2 Å². The first-order valence-corrected chi connectivity index (χ1v) is 8.16.